The third-order valence-electron chi connectivity index (χ3n) is 3.30. The number of aliphatic hydroxyl groups is 1. The highest BCUT2D eigenvalue weighted by Crippen LogP contribution is 2.21. The van der Waals surface area contributed by atoms with Crippen molar-refractivity contribution < 1.29 is 19.4 Å². The molecule has 3 unspecified atom stereocenters. The number of morpholine rings is 1. The van der Waals surface area contributed by atoms with Crippen LogP contribution in [0.2, 0.25) is 0 Å². The smallest absolute Gasteiger partial charge is 0.245 e. The van der Waals surface area contributed by atoms with Crippen LogP contribution in [-0.2, 0) is 14.3 Å². The van der Waals surface area contributed by atoms with Gasteiger partial charge in [-0.25, -0.2) is 0 Å². The molecule has 0 aliphatic carbocycles. The molecule has 0 radical (unpaired) electrons. The van der Waals surface area contributed by atoms with Crippen LogP contribution < -0.4 is 5.73 Å². The lowest BCUT2D eigenvalue weighted by molar-refractivity contribution is -0.152. The summed E-state index contributed by atoms with van der Waals surface area (Å²) in [6, 6.07) is 0. The molecule has 0 bridgehead atoms. The number of hydrogen-bond acceptors (Lipinski definition) is 5. The van der Waals surface area contributed by atoms with Crippen molar-refractivity contribution >= 4 is 5.91 Å². The average molecular weight is 244 g/mol. The van der Waals surface area contributed by atoms with Crippen molar-refractivity contribution in [3.05, 3.63) is 0 Å². The first-order chi connectivity index (χ1) is 8.05. The van der Waals surface area contributed by atoms with E-state index in [1.54, 1.807) is 4.90 Å². The zero-order valence-electron chi connectivity index (χ0n) is 10.1. The van der Waals surface area contributed by atoms with Gasteiger partial charge in [0.2, 0.25) is 5.91 Å². The summed E-state index contributed by atoms with van der Waals surface area (Å²) < 4.78 is 10.7. The normalized spacial score (nSPS) is 38.4. The summed E-state index contributed by atoms with van der Waals surface area (Å²) in [6.07, 6.45) is 0.172. The SMILES string of the molecule is CC1CN(C(=O)C2(N)CCOC2)CC(CO)O1. The van der Waals surface area contributed by atoms with Crippen molar-refractivity contribution in [2.45, 2.75) is 31.1 Å². The molecular formula is C11H20N2O4. The molecule has 6 nitrogen and oxygen atoms in total. The fourth-order valence-electron chi connectivity index (χ4n) is 2.38. The van der Waals surface area contributed by atoms with Gasteiger partial charge in [-0.05, 0) is 13.3 Å². The van der Waals surface area contributed by atoms with E-state index in [1.807, 2.05) is 6.92 Å². The van der Waals surface area contributed by atoms with Gasteiger partial charge in [-0.15, -0.1) is 0 Å². The third-order valence-corrected chi connectivity index (χ3v) is 3.30. The minimum atomic E-state index is -0.892. The van der Waals surface area contributed by atoms with Gasteiger partial charge in [0, 0.05) is 19.7 Å². The summed E-state index contributed by atoms with van der Waals surface area (Å²) in [5, 5.41) is 9.12. The van der Waals surface area contributed by atoms with E-state index in [1.165, 1.54) is 0 Å². The number of carbonyl (C=O) groups excluding carboxylic acids is 1. The van der Waals surface area contributed by atoms with E-state index in [4.69, 9.17) is 20.3 Å². The molecule has 2 saturated heterocycles. The number of amides is 1. The molecule has 0 spiro atoms. The molecule has 2 aliphatic heterocycles. The van der Waals surface area contributed by atoms with E-state index >= 15 is 0 Å². The van der Waals surface area contributed by atoms with Gasteiger partial charge in [-0.3, -0.25) is 4.79 Å². The molecule has 0 aromatic rings. The highest BCUT2D eigenvalue weighted by atomic mass is 16.5. The van der Waals surface area contributed by atoms with Crippen molar-refractivity contribution in [1.29, 1.82) is 0 Å². The van der Waals surface area contributed by atoms with Gasteiger partial charge in [0.25, 0.3) is 0 Å². The van der Waals surface area contributed by atoms with Gasteiger partial charge in [-0.2, -0.15) is 0 Å². The summed E-state index contributed by atoms with van der Waals surface area (Å²) in [6.45, 7) is 3.54. The van der Waals surface area contributed by atoms with E-state index < -0.39 is 5.54 Å². The Balaban J connectivity index is 2.03. The summed E-state index contributed by atoms with van der Waals surface area (Å²) in [5.41, 5.74) is 5.15. The lowest BCUT2D eigenvalue weighted by Crippen LogP contribution is -2.60. The van der Waals surface area contributed by atoms with Crippen molar-refractivity contribution in [2.24, 2.45) is 5.73 Å². The second-order valence-corrected chi connectivity index (χ2v) is 4.92. The van der Waals surface area contributed by atoms with E-state index in [2.05, 4.69) is 0 Å². The van der Waals surface area contributed by atoms with Crippen LogP contribution in [0.4, 0.5) is 0 Å². The van der Waals surface area contributed by atoms with Gasteiger partial charge < -0.3 is 25.2 Å². The molecule has 2 fully saturated rings. The molecule has 6 heteroatoms. The van der Waals surface area contributed by atoms with Crippen LogP contribution in [0, 0.1) is 0 Å². The number of nitrogens with two attached hydrogens (primary N) is 1. The zero-order valence-corrected chi connectivity index (χ0v) is 10.1. The third kappa shape index (κ3) is 2.60. The van der Waals surface area contributed by atoms with Crippen LogP contribution in [-0.4, -0.2) is 66.6 Å². The van der Waals surface area contributed by atoms with E-state index in [0.717, 1.165) is 0 Å². The maximum absolute atomic E-state index is 12.3. The molecule has 1 amide bonds. The van der Waals surface area contributed by atoms with Gasteiger partial charge >= 0.3 is 0 Å². The maximum atomic E-state index is 12.3. The number of rotatable bonds is 2. The van der Waals surface area contributed by atoms with E-state index in [0.29, 0.717) is 26.1 Å². The lowest BCUT2D eigenvalue weighted by atomic mass is 9.97. The fraction of sp³-hybridized carbons (Fsp3) is 0.909. The van der Waals surface area contributed by atoms with Crippen LogP contribution >= 0.6 is 0 Å². The van der Waals surface area contributed by atoms with Crippen LogP contribution in [0.15, 0.2) is 0 Å². The molecule has 0 saturated carbocycles. The van der Waals surface area contributed by atoms with Gasteiger partial charge in [0.15, 0.2) is 0 Å². The quantitative estimate of drug-likeness (QED) is 0.631. The Bertz CT molecular complexity index is 291. The Labute approximate surface area is 101 Å². The number of hydrogen-bond donors (Lipinski definition) is 2. The first-order valence-corrected chi connectivity index (χ1v) is 5.97. The molecular weight excluding hydrogens is 224 g/mol. The minimum Gasteiger partial charge on any atom is -0.394 e. The van der Waals surface area contributed by atoms with Gasteiger partial charge in [0.05, 0.1) is 25.4 Å². The Morgan fingerprint density at radius 1 is 1.59 bits per heavy atom. The largest absolute Gasteiger partial charge is 0.394 e. The molecule has 2 heterocycles. The standard InChI is InChI=1S/C11H20N2O4/c1-8-4-13(5-9(6-14)17-8)10(15)11(12)2-3-16-7-11/h8-9,14H,2-7,12H2,1H3. The Kier molecular flexibility index (Phi) is 3.67. The molecule has 0 aromatic carbocycles. The van der Waals surface area contributed by atoms with Crippen LogP contribution in [0.25, 0.3) is 0 Å². The summed E-state index contributed by atoms with van der Waals surface area (Å²) >= 11 is 0. The second kappa shape index (κ2) is 4.89. The molecule has 2 rings (SSSR count). The molecule has 98 valence electrons. The van der Waals surface area contributed by atoms with Crippen molar-refractivity contribution in [1.82, 2.24) is 4.90 Å². The van der Waals surface area contributed by atoms with E-state index in [-0.39, 0.29) is 31.3 Å². The van der Waals surface area contributed by atoms with E-state index in [9.17, 15) is 4.79 Å². The topological polar surface area (TPSA) is 85.0 Å². The summed E-state index contributed by atoms with van der Waals surface area (Å²) in [7, 11) is 0. The van der Waals surface area contributed by atoms with Crippen LogP contribution in [0.5, 0.6) is 0 Å². The number of carbonyl (C=O) groups is 1. The van der Waals surface area contributed by atoms with Gasteiger partial charge in [0.1, 0.15) is 5.54 Å². The lowest BCUT2D eigenvalue weighted by Gasteiger charge is -2.39. The number of ether oxygens (including phenoxy) is 2. The Hall–Kier alpha value is -0.690. The Morgan fingerprint density at radius 3 is 2.94 bits per heavy atom. The van der Waals surface area contributed by atoms with Crippen molar-refractivity contribution in [2.75, 3.05) is 32.9 Å². The molecule has 2 aliphatic rings. The zero-order chi connectivity index (χ0) is 12.5. The summed E-state index contributed by atoms with van der Waals surface area (Å²) in [5.74, 6) is -0.0939. The number of nitrogens with zero attached hydrogens (tertiary/aromatic N) is 1. The average Bonchev–Trinajstić information content (AvgIpc) is 2.75. The first kappa shape index (κ1) is 12.8. The minimum absolute atomic E-state index is 0.0734. The van der Waals surface area contributed by atoms with Crippen LogP contribution in [0.3, 0.4) is 0 Å². The predicted octanol–water partition coefficient (Wildman–Crippen LogP) is -1.29. The molecule has 17 heavy (non-hydrogen) atoms. The molecule has 3 atom stereocenters. The van der Waals surface area contributed by atoms with Crippen LogP contribution in [0.1, 0.15) is 13.3 Å². The summed E-state index contributed by atoms with van der Waals surface area (Å²) in [4.78, 5) is 14.0. The second-order valence-electron chi connectivity index (χ2n) is 4.92. The fourth-order valence-corrected chi connectivity index (χ4v) is 2.38. The monoisotopic (exact) mass is 244 g/mol. The van der Waals surface area contributed by atoms with Gasteiger partial charge in [-0.1, -0.05) is 0 Å². The molecule has 3 N–H and O–H groups in total. The Morgan fingerprint density at radius 2 is 2.35 bits per heavy atom. The first-order valence-electron chi connectivity index (χ1n) is 5.97. The van der Waals surface area contributed by atoms with Crippen molar-refractivity contribution in [3.8, 4) is 0 Å². The number of aliphatic hydroxyl groups excluding tert-OH is 1. The maximum Gasteiger partial charge on any atom is 0.245 e. The molecule has 0 aromatic heterocycles. The highest BCUT2D eigenvalue weighted by molar-refractivity contribution is 5.86. The highest BCUT2D eigenvalue weighted by Gasteiger charge is 2.43. The predicted molar refractivity (Wildman–Crippen MR) is 60.4 cm³/mol. The van der Waals surface area contributed by atoms with Crippen molar-refractivity contribution in [3.63, 3.8) is 0 Å².